The van der Waals surface area contributed by atoms with E-state index in [0.29, 0.717) is 29.1 Å². The van der Waals surface area contributed by atoms with Gasteiger partial charge in [-0.2, -0.15) is 0 Å². The number of amides is 2. The molecule has 1 N–H and O–H groups in total. The highest BCUT2D eigenvalue weighted by Crippen LogP contribution is 2.20. The minimum atomic E-state index is -1.67. The first-order valence-electron chi connectivity index (χ1n) is 7.82. The Morgan fingerprint density at radius 2 is 1.77 bits per heavy atom. The first-order valence-corrected chi connectivity index (χ1v) is 8.61. The van der Waals surface area contributed by atoms with Gasteiger partial charge in [-0.05, 0) is 46.6 Å². The van der Waals surface area contributed by atoms with Crippen molar-refractivity contribution in [3.8, 4) is 0 Å². The molecule has 2 aromatic rings. The number of benzene rings is 2. The second kappa shape index (κ2) is 8.84. The summed E-state index contributed by atoms with van der Waals surface area (Å²) >= 11 is 3.29. The number of hydrogen-bond donors (Lipinski definition) is 1. The van der Waals surface area contributed by atoms with Crippen molar-refractivity contribution >= 4 is 33.4 Å². The van der Waals surface area contributed by atoms with Crippen LogP contribution in [0.2, 0.25) is 0 Å². The molecule has 0 unspecified atom stereocenters. The van der Waals surface area contributed by atoms with Crippen molar-refractivity contribution in [2.24, 2.45) is 0 Å². The molecule has 8 heteroatoms. The van der Waals surface area contributed by atoms with E-state index in [0.717, 1.165) is 6.07 Å². The molecule has 0 aromatic heterocycles. The van der Waals surface area contributed by atoms with Gasteiger partial charge in [0.2, 0.25) is 5.91 Å². The molecule has 0 radical (unpaired) electrons. The molecule has 0 saturated heterocycles. The van der Waals surface area contributed by atoms with Crippen molar-refractivity contribution in [1.82, 2.24) is 4.90 Å². The largest absolute Gasteiger partial charge is 0.329 e. The molecule has 138 valence electrons. The zero-order valence-electron chi connectivity index (χ0n) is 13.9. The van der Waals surface area contributed by atoms with E-state index in [-0.39, 0.29) is 12.5 Å². The van der Waals surface area contributed by atoms with Crippen LogP contribution in [-0.2, 0) is 4.79 Å². The molecular weight excluding hydrogens is 413 g/mol. The molecule has 2 rings (SSSR count). The molecule has 0 atom stereocenters. The van der Waals surface area contributed by atoms with Gasteiger partial charge in [0.15, 0.2) is 17.5 Å². The second-order valence-corrected chi connectivity index (χ2v) is 6.33. The highest BCUT2D eigenvalue weighted by atomic mass is 79.9. The van der Waals surface area contributed by atoms with Crippen LogP contribution in [0.3, 0.4) is 0 Å². The molecule has 26 heavy (non-hydrogen) atoms. The van der Waals surface area contributed by atoms with E-state index in [2.05, 4.69) is 21.2 Å². The molecule has 0 heterocycles. The number of hydrogen-bond acceptors (Lipinski definition) is 2. The summed E-state index contributed by atoms with van der Waals surface area (Å²) < 4.78 is 40.5. The van der Waals surface area contributed by atoms with Crippen LogP contribution >= 0.6 is 15.9 Å². The third-order valence-corrected chi connectivity index (χ3v) is 4.22. The minimum Gasteiger partial charge on any atom is -0.329 e. The van der Waals surface area contributed by atoms with E-state index in [1.165, 1.54) is 4.90 Å². The van der Waals surface area contributed by atoms with Crippen LogP contribution in [0.15, 0.2) is 40.9 Å². The fourth-order valence-electron chi connectivity index (χ4n) is 2.31. The predicted octanol–water partition coefficient (Wildman–Crippen LogP) is 4.36. The van der Waals surface area contributed by atoms with E-state index in [9.17, 15) is 22.8 Å². The SMILES string of the molecule is CCCN(CC(=O)Nc1ccc(F)c(F)c1F)C(=O)c1ccccc1Br. The van der Waals surface area contributed by atoms with Crippen molar-refractivity contribution in [1.29, 1.82) is 0 Å². The quantitative estimate of drug-likeness (QED) is 0.694. The standard InChI is InChI=1S/C18H16BrF3N2O2/c1-2-9-24(18(26)11-5-3-4-6-12(11)19)10-15(25)23-14-8-7-13(20)16(21)17(14)22/h3-8H,2,9-10H2,1H3,(H,23,25). The molecule has 0 spiro atoms. The molecule has 0 saturated carbocycles. The van der Waals surface area contributed by atoms with Crippen molar-refractivity contribution in [2.75, 3.05) is 18.4 Å². The van der Waals surface area contributed by atoms with Crippen LogP contribution in [0.1, 0.15) is 23.7 Å². The zero-order chi connectivity index (χ0) is 19.3. The minimum absolute atomic E-state index is 0.299. The lowest BCUT2D eigenvalue weighted by molar-refractivity contribution is -0.116. The number of rotatable bonds is 6. The third kappa shape index (κ3) is 4.63. The van der Waals surface area contributed by atoms with E-state index in [1.54, 1.807) is 24.3 Å². The van der Waals surface area contributed by atoms with Crippen LogP contribution < -0.4 is 5.32 Å². The molecule has 4 nitrogen and oxygen atoms in total. The lowest BCUT2D eigenvalue weighted by Crippen LogP contribution is -2.38. The normalized spacial score (nSPS) is 10.5. The number of carbonyl (C=O) groups is 2. The summed E-state index contributed by atoms with van der Waals surface area (Å²) in [6.45, 7) is 1.79. The van der Waals surface area contributed by atoms with Crippen molar-refractivity contribution < 1.29 is 22.8 Å². The molecular formula is C18H16BrF3N2O2. The van der Waals surface area contributed by atoms with Gasteiger partial charge in [0.05, 0.1) is 11.3 Å². The number of anilines is 1. The molecule has 0 fully saturated rings. The van der Waals surface area contributed by atoms with Crippen LogP contribution in [0, 0.1) is 17.5 Å². The lowest BCUT2D eigenvalue weighted by atomic mass is 10.2. The molecule has 2 amide bonds. The Kier molecular flexibility index (Phi) is 6.79. The summed E-state index contributed by atoms with van der Waals surface area (Å²) in [6.07, 6.45) is 0.600. The monoisotopic (exact) mass is 428 g/mol. The van der Waals surface area contributed by atoms with Crippen LogP contribution in [0.4, 0.5) is 18.9 Å². The average molecular weight is 429 g/mol. The molecule has 2 aromatic carbocycles. The maximum absolute atomic E-state index is 13.7. The Hall–Kier alpha value is -2.35. The van der Waals surface area contributed by atoms with Gasteiger partial charge in [0, 0.05) is 11.0 Å². The van der Waals surface area contributed by atoms with Gasteiger partial charge in [-0.25, -0.2) is 13.2 Å². The van der Waals surface area contributed by atoms with E-state index in [4.69, 9.17) is 0 Å². The Bertz CT molecular complexity index is 830. The summed E-state index contributed by atoms with van der Waals surface area (Å²) in [5, 5.41) is 2.16. The predicted molar refractivity (Wildman–Crippen MR) is 95.3 cm³/mol. The van der Waals surface area contributed by atoms with Gasteiger partial charge in [-0.3, -0.25) is 9.59 Å². The van der Waals surface area contributed by atoms with E-state index >= 15 is 0 Å². The Balaban J connectivity index is 2.15. The highest BCUT2D eigenvalue weighted by Gasteiger charge is 2.21. The number of nitrogens with one attached hydrogen (secondary N) is 1. The summed E-state index contributed by atoms with van der Waals surface area (Å²) in [7, 11) is 0. The fourth-order valence-corrected chi connectivity index (χ4v) is 2.77. The van der Waals surface area contributed by atoms with Gasteiger partial charge in [-0.15, -0.1) is 0 Å². The second-order valence-electron chi connectivity index (χ2n) is 5.48. The van der Waals surface area contributed by atoms with Gasteiger partial charge >= 0.3 is 0 Å². The van der Waals surface area contributed by atoms with Crippen molar-refractivity contribution in [2.45, 2.75) is 13.3 Å². The topological polar surface area (TPSA) is 49.4 Å². The molecule has 0 aliphatic carbocycles. The van der Waals surface area contributed by atoms with Gasteiger partial charge < -0.3 is 10.2 Å². The summed E-state index contributed by atoms with van der Waals surface area (Å²) in [5.41, 5.74) is -0.105. The highest BCUT2D eigenvalue weighted by molar-refractivity contribution is 9.10. The number of nitrogens with zero attached hydrogens (tertiary/aromatic N) is 1. The molecule has 0 aliphatic rings. The first-order chi connectivity index (χ1) is 12.3. The smallest absolute Gasteiger partial charge is 0.255 e. The zero-order valence-corrected chi connectivity index (χ0v) is 15.4. The van der Waals surface area contributed by atoms with E-state index in [1.807, 2.05) is 6.92 Å². The first kappa shape index (κ1) is 20.0. The van der Waals surface area contributed by atoms with Gasteiger partial charge in [0.1, 0.15) is 6.54 Å². The van der Waals surface area contributed by atoms with Gasteiger partial charge in [0.25, 0.3) is 5.91 Å². The Morgan fingerprint density at radius 1 is 1.08 bits per heavy atom. The van der Waals surface area contributed by atoms with Crippen molar-refractivity contribution in [3.05, 3.63) is 63.9 Å². The van der Waals surface area contributed by atoms with Crippen LogP contribution in [0.5, 0.6) is 0 Å². The molecule has 0 bridgehead atoms. The summed E-state index contributed by atoms with van der Waals surface area (Å²) in [4.78, 5) is 26.1. The maximum atomic E-state index is 13.7. The fraction of sp³-hybridized carbons (Fsp3) is 0.222. The number of carbonyl (C=O) groups excluding carboxylic acids is 2. The third-order valence-electron chi connectivity index (χ3n) is 3.53. The van der Waals surface area contributed by atoms with Crippen LogP contribution in [-0.4, -0.2) is 29.8 Å². The van der Waals surface area contributed by atoms with Gasteiger partial charge in [-0.1, -0.05) is 19.1 Å². The van der Waals surface area contributed by atoms with Crippen molar-refractivity contribution in [3.63, 3.8) is 0 Å². The van der Waals surface area contributed by atoms with Crippen LogP contribution in [0.25, 0.3) is 0 Å². The average Bonchev–Trinajstić information content (AvgIpc) is 2.62. The Morgan fingerprint density at radius 3 is 2.42 bits per heavy atom. The van der Waals surface area contributed by atoms with E-state index < -0.39 is 29.0 Å². The maximum Gasteiger partial charge on any atom is 0.255 e. The summed E-state index contributed by atoms with van der Waals surface area (Å²) in [6, 6.07) is 8.40. The Labute approximate surface area is 157 Å². The molecule has 0 aliphatic heterocycles. The number of halogens is 4. The lowest BCUT2D eigenvalue weighted by Gasteiger charge is -2.22. The summed E-state index contributed by atoms with van der Waals surface area (Å²) in [5.74, 6) is -5.60.